The SMILES string of the molecule is O=c1[nH]nc(-c2ccc3c(c2)CCCC(c2ccc(Cl)cc2Cl)=C3c2ccc(O[C@H]3CCN(CCCF)C3)cc2)o1. The van der Waals surface area contributed by atoms with Gasteiger partial charge in [0.05, 0.1) is 6.67 Å². The summed E-state index contributed by atoms with van der Waals surface area (Å²) in [5.74, 6) is 0.503. The third kappa shape index (κ3) is 6.13. The predicted octanol–water partition coefficient (Wildman–Crippen LogP) is 7.44. The number of nitrogens with zero attached hydrogens (tertiary/aromatic N) is 2. The standard InChI is InChI=1S/C32H30Cl2FN3O3/c33-23-8-12-27(29(34)18-23)28-4-1-3-21-17-22(31-36-37-32(39)41-31)7-11-26(21)30(28)20-5-9-24(10-6-20)40-25-13-16-38(19-25)15-2-14-35/h5-12,17-18,25H,1-4,13-16,19H2,(H,37,39)/t25-/m0/s1. The summed E-state index contributed by atoms with van der Waals surface area (Å²) in [6.45, 7) is 2.23. The summed E-state index contributed by atoms with van der Waals surface area (Å²) in [5.41, 5.74) is 7.24. The molecule has 1 N–H and O–H groups in total. The molecule has 0 radical (unpaired) electrons. The van der Waals surface area contributed by atoms with Crippen molar-refractivity contribution in [3.8, 4) is 17.2 Å². The topological polar surface area (TPSA) is 71.4 Å². The van der Waals surface area contributed by atoms with E-state index in [2.05, 4.69) is 33.3 Å². The molecule has 9 heteroatoms. The Labute approximate surface area is 247 Å². The van der Waals surface area contributed by atoms with Crippen molar-refractivity contribution in [1.82, 2.24) is 15.1 Å². The summed E-state index contributed by atoms with van der Waals surface area (Å²) in [4.78, 5) is 13.8. The van der Waals surface area contributed by atoms with Gasteiger partial charge >= 0.3 is 5.76 Å². The number of ether oxygens (including phenoxy) is 1. The number of H-pyrrole nitrogens is 1. The normalized spacial score (nSPS) is 17.5. The van der Waals surface area contributed by atoms with E-state index in [0.29, 0.717) is 16.5 Å². The molecule has 2 heterocycles. The molecule has 1 atom stereocenters. The molecule has 1 aliphatic carbocycles. The van der Waals surface area contributed by atoms with Crippen molar-refractivity contribution in [3.05, 3.63) is 104 Å². The van der Waals surface area contributed by atoms with Gasteiger partial charge in [0.2, 0.25) is 5.89 Å². The van der Waals surface area contributed by atoms with Crippen LogP contribution in [0.5, 0.6) is 5.75 Å². The Kier molecular flexibility index (Phi) is 8.28. The van der Waals surface area contributed by atoms with Crippen molar-refractivity contribution in [2.45, 2.75) is 38.2 Å². The quantitative estimate of drug-likeness (QED) is 0.230. The van der Waals surface area contributed by atoms with E-state index in [1.165, 1.54) is 0 Å². The number of hydrogen-bond acceptors (Lipinski definition) is 5. The van der Waals surface area contributed by atoms with Crippen LogP contribution in [-0.4, -0.2) is 47.5 Å². The lowest BCUT2D eigenvalue weighted by Gasteiger charge is -2.19. The van der Waals surface area contributed by atoms with Crippen LogP contribution >= 0.6 is 23.2 Å². The number of allylic oxidation sites excluding steroid dienone is 1. The highest BCUT2D eigenvalue weighted by Crippen LogP contribution is 2.43. The molecular weight excluding hydrogens is 564 g/mol. The van der Waals surface area contributed by atoms with E-state index >= 15 is 0 Å². The molecule has 6 nitrogen and oxygen atoms in total. The van der Waals surface area contributed by atoms with Gasteiger partial charge in [-0.3, -0.25) is 9.29 Å². The summed E-state index contributed by atoms with van der Waals surface area (Å²) in [5, 5.41) is 7.56. The van der Waals surface area contributed by atoms with Gasteiger partial charge in [-0.05, 0) is 102 Å². The van der Waals surface area contributed by atoms with Crippen molar-refractivity contribution in [2.75, 3.05) is 26.3 Å². The molecular formula is C32H30Cl2FN3O3. The average molecular weight is 595 g/mol. The highest BCUT2D eigenvalue weighted by atomic mass is 35.5. The van der Waals surface area contributed by atoms with E-state index in [1.807, 2.05) is 36.4 Å². The molecule has 1 fully saturated rings. The number of nitrogens with one attached hydrogen (secondary N) is 1. The molecule has 0 saturated carbocycles. The van der Waals surface area contributed by atoms with Gasteiger partial charge in [0.15, 0.2) is 0 Å². The van der Waals surface area contributed by atoms with Gasteiger partial charge in [0, 0.05) is 35.2 Å². The van der Waals surface area contributed by atoms with Crippen LogP contribution in [0.3, 0.4) is 0 Å². The molecule has 1 saturated heterocycles. The first-order valence-electron chi connectivity index (χ1n) is 13.9. The minimum Gasteiger partial charge on any atom is -0.489 e. The lowest BCUT2D eigenvalue weighted by molar-refractivity contribution is 0.198. The summed E-state index contributed by atoms with van der Waals surface area (Å²) in [6, 6.07) is 19.9. The number of aryl methyl sites for hydroxylation is 1. The molecule has 3 aromatic carbocycles. The van der Waals surface area contributed by atoms with Crippen LogP contribution in [0.15, 0.2) is 69.9 Å². The lowest BCUT2D eigenvalue weighted by Crippen LogP contribution is -2.26. The molecule has 41 heavy (non-hydrogen) atoms. The Morgan fingerprint density at radius 1 is 1.02 bits per heavy atom. The first-order valence-corrected chi connectivity index (χ1v) is 14.7. The van der Waals surface area contributed by atoms with E-state index in [9.17, 15) is 9.18 Å². The number of aromatic nitrogens is 2. The van der Waals surface area contributed by atoms with Crippen molar-refractivity contribution in [1.29, 1.82) is 0 Å². The van der Waals surface area contributed by atoms with E-state index in [-0.39, 0.29) is 18.7 Å². The van der Waals surface area contributed by atoms with Crippen LogP contribution in [0, 0.1) is 0 Å². The fourth-order valence-corrected chi connectivity index (χ4v) is 6.40. The van der Waals surface area contributed by atoms with Crippen molar-refractivity contribution in [3.63, 3.8) is 0 Å². The summed E-state index contributed by atoms with van der Waals surface area (Å²) < 4.78 is 24.1. The number of alkyl halides is 1. The molecule has 0 bridgehead atoms. The molecule has 4 aromatic rings. The second-order valence-electron chi connectivity index (χ2n) is 10.5. The number of hydrogen-bond donors (Lipinski definition) is 1. The van der Waals surface area contributed by atoms with Gasteiger partial charge in [0.1, 0.15) is 11.9 Å². The predicted molar refractivity (Wildman–Crippen MR) is 160 cm³/mol. The fourth-order valence-electron chi connectivity index (χ4n) is 5.88. The maximum absolute atomic E-state index is 12.6. The van der Waals surface area contributed by atoms with Gasteiger partial charge in [-0.1, -0.05) is 47.5 Å². The Morgan fingerprint density at radius 2 is 1.83 bits per heavy atom. The highest BCUT2D eigenvalue weighted by molar-refractivity contribution is 6.36. The monoisotopic (exact) mass is 593 g/mol. The average Bonchev–Trinajstić information content (AvgIpc) is 3.56. The van der Waals surface area contributed by atoms with Crippen LogP contribution in [-0.2, 0) is 6.42 Å². The maximum Gasteiger partial charge on any atom is 0.434 e. The van der Waals surface area contributed by atoms with Gasteiger partial charge in [-0.25, -0.2) is 9.89 Å². The van der Waals surface area contributed by atoms with Gasteiger partial charge in [-0.15, -0.1) is 5.10 Å². The van der Waals surface area contributed by atoms with Gasteiger partial charge in [0.25, 0.3) is 0 Å². The maximum atomic E-state index is 12.6. The Hall–Kier alpha value is -3.39. The van der Waals surface area contributed by atoms with Crippen LogP contribution in [0.4, 0.5) is 4.39 Å². The summed E-state index contributed by atoms with van der Waals surface area (Å²) in [6.07, 6.45) is 4.19. The molecule has 2 aliphatic rings. The lowest BCUT2D eigenvalue weighted by atomic mass is 9.87. The molecule has 6 rings (SSSR count). The summed E-state index contributed by atoms with van der Waals surface area (Å²) in [7, 11) is 0. The third-order valence-corrected chi connectivity index (χ3v) is 8.32. The zero-order valence-corrected chi connectivity index (χ0v) is 24.0. The molecule has 0 amide bonds. The molecule has 0 spiro atoms. The van der Waals surface area contributed by atoms with Crippen molar-refractivity contribution >= 4 is 34.3 Å². The molecule has 212 valence electrons. The van der Waals surface area contributed by atoms with Crippen LogP contribution < -0.4 is 10.5 Å². The fraction of sp³-hybridized carbons (Fsp3) is 0.312. The van der Waals surface area contributed by atoms with E-state index in [1.54, 1.807) is 6.07 Å². The molecule has 1 aliphatic heterocycles. The second-order valence-corrected chi connectivity index (χ2v) is 11.4. The first-order chi connectivity index (χ1) is 20.0. The number of halogens is 3. The number of fused-ring (bicyclic) bond motifs is 1. The minimum atomic E-state index is -0.581. The minimum absolute atomic E-state index is 0.0993. The number of rotatable bonds is 8. The van der Waals surface area contributed by atoms with E-state index in [4.69, 9.17) is 32.4 Å². The Morgan fingerprint density at radius 3 is 2.59 bits per heavy atom. The van der Waals surface area contributed by atoms with Crippen LogP contribution in [0.25, 0.3) is 22.6 Å². The second kappa shape index (κ2) is 12.2. The zero-order valence-electron chi connectivity index (χ0n) is 22.5. The molecule has 1 aromatic heterocycles. The van der Waals surface area contributed by atoms with Crippen LogP contribution in [0.1, 0.15) is 47.9 Å². The Bertz CT molecular complexity index is 1630. The number of aromatic amines is 1. The Balaban J connectivity index is 1.37. The number of benzene rings is 3. The molecule has 0 unspecified atom stereocenters. The van der Waals surface area contributed by atoms with Crippen molar-refractivity contribution < 1.29 is 13.5 Å². The van der Waals surface area contributed by atoms with Crippen molar-refractivity contribution in [2.24, 2.45) is 0 Å². The van der Waals surface area contributed by atoms with Gasteiger partial charge in [-0.2, -0.15) is 0 Å². The first kappa shape index (κ1) is 27.8. The zero-order chi connectivity index (χ0) is 28.3. The third-order valence-electron chi connectivity index (χ3n) is 7.77. The van der Waals surface area contributed by atoms with Gasteiger partial charge < -0.3 is 9.15 Å². The highest BCUT2D eigenvalue weighted by Gasteiger charge is 2.25. The van der Waals surface area contributed by atoms with E-state index in [0.717, 1.165) is 90.0 Å². The summed E-state index contributed by atoms with van der Waals surface area (Å²) >= 11 is 13.0. The largest absolute Gasteiger partial charge is 0.489 e. The van der Waals surface area contributed by atoms with Crippen LogP contribution in [0.2, 0.25) is 10.0 Å². The smallest absolute Gasteiger partial charge is 0.434 e. The van der Waals surface area contributed by atoms with E-state index < -0.39 is 5.76 Å². The number of likely N-dealkylation sites (tertiary alicyclic amines) is 1.